The number of ether oxygens (including phenoxy) is 4. The fraction of sp³-hybridized carbons (Fsp3) is 0.889. The normalized spacial score (nSPS) is 12.0. The van der Waals surface area contributed by atoms with Crippen molar-refractivity contribution < 1.29 is 18.9 Å². The van der Waals surface area contributed by atoms with Gasteiger partial charge in [-0.15, -0.1) is 0 Å². The van der Waals surface area contributed by atoms with E-state index in [1.807, 2.05) is 0 Å². The molecule has 0 rings (SSSR count). The van der Waals surface area contributed by atoms with Crippen LogP contribution >= 0.6 is 0 Å². The summed E-state index contributed by atoms with van der Waals surface area (Å²) in [6, 6.07) is 0. The number of methoxy groups -OCH3 is 1. The zero-order valence-electron chi connectivity index (χ0n) is 15.1. The van der Waals surface area contributed by atoms with E-state index in [0.717, 1.165) is 31.4 Å². The maximum atomic E-state index is 5.85. The van der Waals surface area contributed by atoms with Crippen molar-refractivity contribution in [2.45, 2.75) is 78.6 Å². The van der Waals surface area contributed by atoms with Crippen LogP contribution in [-0.2, 0) is 18.9 Å². The molecule has 0 fully saturated rings. The smallest absolute Gasteiger partial charge is 0.321 e. The summed E-state index contributed by atoms with van der Waals surface area (Å²) < 4.78 is 22.1. The SMILES string of the molecule is CCCCCCCCC(OCCC)=C(OCCC)OCOC. The van der Waals surface area contributed by atoms with Gasteiger partial charge in [0.25, 0.3) is 0 Å². The summed E-state index contributed by atoms with van der Waals surface area (Å²) in [4.78, 5) is 0. The number of hydrogen-bond acceptors (Lipinski definition) is 4. The van der Waals surface area contributed by atoms with Crippen LogP contribution in [0.25, 0.3) is 0 Å². The van der Waals surface area contributed by atoms with Crippen molar-refractivity contribution in [3.05, 3.63) is 11.7 Å². The molecule has 0 saturated heterocycles. The number of rotatable bonds is 16. The van der Waals surface area contributed by atoms with Crippen molar-refractivity contribution in [1.29, 1.82) is 0 Å². The van der Waals surface area contributed by atoms with Gasteiger partial charge in [0.15, 0.2) is 12.6 Å². The van der Waals surface area contributed by atoms with Crippen molar-refractivity contribution >= 4 is 0 Å². The Bertz CT molecular complexity index is 254. The van der Waals surface area contributed by atoms with E-state index in [9.17, 15) is 0 Å². The largest absolute Gasteiger partial charge is 0.491 e. The average molecular weight is 316 g/mol. The third kappa shape index (κ3) is 11.7. The lowest BCUT2D eigenvalue weighted by atomic mass is 10.1. The second-order valence-electron chi connectivity index (χ2n) is 5.48. The van der Waals surface area contributed by atoms with Crippen molar-refractivity contribution in [1.82, 2.24) is 0 Å². The summed E-state index contributed by atoms with van der Waals surface area (Å²) in [5.74, 6) is 1.34. The number of allylic oxidation sites excluding steroid dienone is 1. The van der Waals surface area contributed by atoms with Gasteiger partial charge in [0.2, 0.25) is 0 Å². The molecule has 0 atom stereocenters. The van der Waals surface area contributed by atoms with Crippen LogP contribution in [0, 0.1) is 0 Å². The number of unbranched alkanes of at least 4 members (excludes halogenated alkanes) is 5. The zero-order chi connectivity index (χ0) is 16.5. The maximum Gasteiger partial charge on any atom is 0.321 e. The van der Waals surface area contributed by atoms with E-state index in [-0.39, 0.29) is 6.79 Å². The maximum absolute atomic E-state index is 5.85. The van der Waals surface area contributed by atoms with Crippen molar-refractivity contribution in [3.63, 3.8) is 0 Å². The Morgan fingerprint density at radius 1 is 0.682 bits per heavy atom. The van der Waals surface area contributed by atoms with E-state index in [1.54, 1.807) is 7.11 Å². The first-order valence-corrected chi connectivity index (χ1v) is 8.90. The van der Waals surface area contributed by atoms with Gasteiger partial charge in [0.1, 0.15) is 0 Å². The van der Waals surface area contributed by atoms with Crippen LogP contribution in [0.15, 0.2) is 11.7 Å². The molecule has 0 aliphatic rings. The van der Waals surface area contributed by atoms with E-state index in [0.29, 0.717) is 19.2 Å². The predicted molar refractivity (Wildman–Crippen MR) is 90.5 cm³/mol. The Balaban J connectivity index is 4.44. The second kappa shape index (κ2) is 16.5. The van der Waals surface area contributed by atoms with E-state index in [2.05, 4.69) is 20.8 Å². The van der Waals surface area contributed by atoms with Crippen molar-refractivity contribution in [3.8, 4) is 0 Å². The Kier molecular flexibility index (Phi) is 15.8. The molecule has 0 bridgehead atoms. The molecule has 0 aromatic rings. The highest BCUT2D eigenvalue weighted by atomic mass is 16.7. The van der Waals surface area contributed by atoms with Gasteiger partial charge in [-0.05, 0) is 19.3 Å². The Labute approximate surface area is 137 Å². The summed E-state index contributed by atoms with van der Waals surface area (Å²) in [6.07, 6.45) is 10.4. The highest BCUT2D eigenvalue weighted by Gasteiger charge is 2.12. The summed E-state index contributed by atoms with van der Waals surface area (Å²) in [5.41, 5.74) is 0. The number of hydrogen-bond donors (Lipinski definition) is 0. The van der Waals surface area contributed by atoms with Gasteiger partial charge >= 0.3 is 5.95 Å². The monoisotopic (exact) mass is 316 g/mol. The molecule has 0 heterocycles. The van der Waals surface area contributed by atoms with Gasteiger partial charge in [0.05, 0.1) is 13.2 Å². The molecule has 0 aliphatic heterocycles. The van der Waals surface area contributed by atoms with Gasteiger partial charge in [-0.25, -0.2) is 0 Å². The molecule has 0 N–H and O–H groups in total. The molecule has 0 unspecified atom stereocenters. The van der Waals surface area contributed by atoms with Crippen LogP contribution in [0.1, 0.15) is 78.6 Å². The molecule has 0 aromatic heterocycles. The minimum atomic E-state index is 0.189. The predicted octanol–water partition coefficient (Wildman–Crippen LogP) is 5.38. The molecule has 0 aliphatic carbocycles. The van der Waals surface area contributed by atoms with Gasteiger partial charge in [0, 0.05) is 13.5 Å². The fourth-order valence-electron chi connectivity index (χ4n) is 2.03. The highest BCUT2D eigenvalue weighted by molar-refractivity contribution is 4.95. The van der Waals surface area contributed by atoms with E-state index >= 15 is 0 Å². The summed E-state index contributed by atoms with van der Waals surface area (Å²) in [7, 11) is 1.61. The third-order valence-electron chi connectivity index (χ3n) is 3.21. The molecule has 0 saturated carbocycles. The quantitative estimate of drug-likeness (QED) is 0.218. The molecule has 132 valence electrons. The minimum Gasteiger partial charge on any atom is -0.491 e. The first-order valence-electron chi connectivity index (χ1n) is 8.90. The van der Waals surface area contributed by atoms with Gasteiger partial charge in [-0.1, -0.05) is 52.9 Å². The van der Waals surface area contributed by atoms with Crippen LogP contribution in [0.3, 0.4) is 0 Å². The highest BCUT2D eigenvalue weighted by Crippen LogP contribution is 2.19. The Morgan fingerprint density at radius 2 is 1.32 bits per heavy atom. The summed E-state index contributed by atoms with van der Waals surface area (Å²) in [6.45, 7) is 7.94. The summed E-state index contributed by atoms with van der Waals surface area (Å²) in [5, 5.41) is 0. The second-order valence-corrected chi connectivity index (χ2v) is 5.48. The Hall–Kier alpha value is -0.900. The van der Waals surface area contributed by atoms with Crippen molar-refractivity contribution in [2.24, 2.45) is 0 Å². The summed E-state index contributed by atoms with van der Waals surface area (Å²) >= 11 is 0. The topological polar surface area (TPSA) is 36.9 Å². The van der Waals surface area contributed by atoms with Crippen LogP contribution in [-0.4, -0.2) is 27.1 Å². The van der Waals surface area contributed by atoms with Gasteiger partial charge in [-0.2, -0.15) is 0 Å². The fourth-order valence-corrected chi connectivity index (χ4v) is 2.03. The zero-order valence-corrected chi connectivity index (χ0v) is 15.1. The lowest BCUT2D eigenvalue weighted by Crippen LogP contribution is -2.08. The lowest BCUT2D eigenvalue weighted by molar-refractivity contribution is -0.0686. The van der Waals surface area contributed by atoms with Gasteiger partial charge < -0.3 is 18.9 Å². The lowest BCUT2D eigenvalue weighted by Gasteiger charge is -2.17. The van der Waals surface area contributed by atoms with Crippen LogP contribution in [0.2, 0.25) is 0 Å². The first kappa shape index (κ1) is 21.1. The van der Waals surface area contributed by atoms with Crippen molar-refractivity contribution in [2.75, 3.05) is 27.1 Å². The molecule has 0 aromatic carbocycles. The molecule has 4 nitrogen and oxygen atoms in total. The molecule has 0 radical (unpaired) electrons. The third-order valence-corrected chi connectivity index (χ3v) is 3.21. The average Bonchev–Trinajstić information content (AvgIpc) is 2.54. The molecule has 0 spiro atoms. The minimum absolute atomic E-state index is 0.189. The molecule has 22 heavy (non-hydrogen) atoms. The van der Waals surface area contributed by atoms with E-state index in [4.69, 9.17) is 18.9 Å². The van der Waals surface area contributed by atoms with E-state index in [1.165, 1.54) is 32.1 Å². The van der Waals surface area contributed by atoms with Crippen LogP contribution in [0.5, 0.6) is 0 Å². The Morgan fingerprint density at radius 3 is 1.95 bits per heavy atom. The standard InChI is InChI=1S/C18H36O4/c1-5-8-9-10-11-12-13-17(20-14-6-2)18(21-15-7-3)22-16-19-4/h5-16H2,1-4H3. The molecule has 0 amide bonds. The molecular formula is C18H36O4. The van der Waals surface area contributed by atoms with E-state index < -0.39 is 0 Å². The van der Waals surface area contributed by atoms with Crippen LogP contribution in [0.4, 0.5) is 0 Å². The molecule has 4 heteroatoms. The van der Waals surface area contributed by atoms with Crippen LogP contribution < -0.4 is 0 Å². The van der Waals surface area contributed by atoms with Gasteiger partial charge in [-0.3, -0.25) is 0 Å². The first-order chi connectivity index (χ1) is 10.8. The molecular weight excluding hydrogens is 280 g/mol.